The molecule has 1 spiro atoms. The molecule has 2 aromatic carbocycles. The van der Waals surface area contributed by atoms with Crippen LogP contribution in [0.1, 0.15) is 152 Å². The number of fused-ring (bicyclic) bond motifs is 4. The van der Waals surface area contributed by atoms with Crippen LogP contribution in [0.3, 0.4) is 0 Å². The van der Waals surface area contributed by atoms with E-state index < -0.39 is 0 Å². The van der Waals surface area contributed by atoms with Gasteiger partial charge < -0.3 is 5.73 Å². The summed E-state index contributed by atoms with van der Waals surface area (Å²) >= 11 is 0. The summed E-state index contributed by atoms with van der Waals surface area (Å²) in [5.41, 5.74) is 24.8. The minimum atomic E-state index is -0.00621. The van der Waals surface area contributed by atoms with E-state index in [4.69, 9.17) is 5.73 Å². The Balaban J connectivity index is 1.67. The summed E-state index contributed by atoms with van der Waals surface area (Å²) < 4.78 is 0. The molecule has 5 rings (SSSR count). The van der Waals surface area contributed by atoms with Gasteiger partial charge in [0.15, 0.2) is 0 Å². The molecular formula is C45H65N. The Hall–Kier alpha value is -2.54. The van der Waals surface area contributed by atoms with Gasteiger partial charge in [0.1, 0.15) is 0 Å². The van der Waals surface area contributed by atoms with Gasteiger partial charge in [-0.1, -0.05) is 119 Å². The van der Waals surface area contributed by atoms with Crippen molar-refractivity contribution in [1.82, 2.24) is 0 Å². The van der Waals surface area contributed by atoms with Crippen molar-refractivity contribution in [2.24, 2.45) is 21.7 Å². The van der Waals surface area contributed by atoms with Crippen molar-refractivity contribution in [3.05, 3.63) is 97.7 Å². The predicted octanol–water partition coefficient (Wildman–Crippen LogP) is 12.3. The van der Waals surface area contributed by atoms with E-state index in [1.165, 1.54) is 45.4 Å². The van der Waals surface area contributed by atoms with E-state index in [9.17, 15) is 0 Å². The maximum Gasteiger partial charge on any atom is 0.0388 e. The predicted molar refractivity (Wildman–Crippen MR) is 202 cm³/mol. The Morgan fingerprint density at radius 3 is 1.98 bits per heavy atom. The van der Waals surface area contributed by atoms with Crippen LogP contribution in [0.25, 0.3) is 0 Å². The van der Waals surface area contributed by atoms with E-state index in [2.05, 4.69) is 140 Å². The lowest BCUT2D eigenvalue weighted by molar-refractivity contribution is 0.330. The van der Waals surface area contributed by atoms with Crippen LogP contribution in [0, 0.1) is 49.4 Å². The highest BCUT2D eigenvalue weighted by Gasteiger charge is 2.58. The molecule has 46 heavy (non-hydrogen) atoms. The van der Waals surface area contributed by atoms with Crippen LogP contribution in [-0.4, -0.2) is 0 Å². The summed E-state index contributed by atoms with van der Waals surface area (Å²) in [6.45, 7) is 35.8. The highest BCUT2D eigenvalue weighted by molar-refractivity contribution is 5.67. The van der Waals surface area contributed by atoms with Crippen molar-refractivity contribution in [3.8, 4) is 0 Å². The maximum atomic E-state index is 7.14. The summed E-state index contributed by atoms with van der Waals surface area (Å²) in [5.74, 6) is 0. The molecule has 3 aliphatic rings. The van der Waals surface area contributed by atoms with Gasteiger partial charge in [-0.05, 0) is 136 Å². The van der Waals surface area contributed by atoms with Crippen LogP contribution in [-0.2, 0) is 23.7 Å². The molecule has 3 aliphatic carbocycles. The Bertz CT molecular complexity index is 1660. The third-order valence-electron chi connectivity index (χ3n) is 12.7. The van der Waals surface area contributed by atoms with Gasteiger partial charge in [-0.3, -0.25) is 0 Å². The first kappa shape index (κ1) is 34.8. The van der Waals surface area contributed by atoms with Crippen molar-refractivity contribution in [1.29, 1.82) is 0 Å². The van der Waals surface area contributed by atoms with Crippen molar-refractivity contribution >= 4 is 5.69 Å². The van der Waals surface area contributed by atoms with Gasteiger partial charge >= 0.3 is 0 Å². The first-order chi connectivity index (χ1) is 21.0. The zero-order chi connectivity index (χ0) is 34.4. The minimum Gasteiger partial charge on any atom is -0.398 e. The van der Waals surface area contributed by atoms with Gasteiger partial charge in [0.05, 0.1) is 0 Å². The van der Waals surface area contributed by atoms with Crippen LogP contribution >= 0.6 is 0 Å². The SMILES string of the molecule is CCC(C)(C)Cc1c(C)c(C)c(C)c(Cc2cc3c(cc2C)C2(CC(C)(C)C4=CCC(C)(C)C=CC(C)(C)C=C42)CC3(C)C)c1N. The second kappa shape index (κ2) is 11.0. The van der Waals surface area contributed by atoms with Crippen LogP contribution in [0.15, 0.2) is 47.6 Å². The van der Waals surface area contributed by atoms with Crippen molar-refractivity contribution < 1.29 is 0 Å². The molecular weight excluding hydrogens is 555 g/mol. The van der Waals surface area contributed by atoms with Gasteiger partial charge in [0.25, 0.3) is 0 Å². The molecule has 0 heterocycles. The number of hydrogen-bond acceptors (Lipinski definition) is 1. The van der Waals surface area contributed by atoms with E-state index in [1.54, 1.807) is 22.3 Å². The van der Waals surface area contributed by atoms with Crippen molar-refractivity contribution in [2.45, 2.75) is 153 Å². The second-order valence-electron chi connectivity index (χ2n) is 19.2. The Kier molecular flexibility index (Phi) is 8.32. The number of nitrogen functional groups attached to an aromatic ring is 1. The van der Waals surface area contributed by atoms with Crippen LogP contribution in [0.2, 0.25) is 0 Å². The lowest BCUT2D eigenvalue weighted by atomic mass is 9.71. The summed E-state index contributed by atoms with van der Waals surface area (Å²) in [4.78, 5) is 0. The van der Waals surface area contributed by atoms with Crippen LogP contribution in [0.5, 0.6) is 0 Å². The van der Waals surface area contributed by atoms with E-state index in [0.29, 0.717) is 0 Å². The van der Waals surface area contributed by atoms with Crippen LogP contribution < -0.4 is 5.73 Å². The molecule has 2 N–H and O–H groups in total. The quantitative estimate of drug-likeness (QED) is 0.261. The second-order valence-corrected chi connectivity index (χ2v) is 19.2. The highest BCUT2D eigenvalue weighted by atomic mass is 14.6. The Morgan fingerprint density at radius 1 is 0.739 bits per heavy atom. The third kappa shape index (κ3) is 5.88. The first-order valence-corrected chi connectivity index (χ1v) is 18.1. The molecule has 0 aliphatic heterocycles. The van der Waals surface area contributed by atoms with E-state index in [0.717, 1.165) is 37.8 Å². The molecule has 0 aromatic heterocycles. The zero-order valence-electron chi connectivity index (χ0n) is 32.3. The molecule has 0 radical (unpaired) electrons. The summed E-state index contributed by atoms with van der Waals surface area (Å²) in [7, 11) is 0. The number of allylic oxidation sites excluding steroid dienone is 6. The fourth-order valence-electron chi connectivity index (χ4n) is 9.27. The number of benzene rings is 2. The smallest absolute Gasteiger partial charge is 0.0388 e. The molecule has 2 aromatic rings. The minimum absolute atomic E-state index is 0.00621. The molecule has 250 valence electrons. The van der Waals surface area contributed by atoms with E-state index in [1.807, 2.05) is 0 Å². The lowest BCUT2D eigenvalue weighted by Gasteiger charge is -2.32. The van der Waals surface area contributed by atoms with Gasteiger partial charge in [0, 0.05) is 22.9 Å². The molecule has 1 heteroatoms. The largest absolute Gasteiger partial charge is 0.398 e. The third-order valence-corrected chi connectivity index (χ3v) is 12.7. The number of nitrogens with two attached hydrogens (primary N) is 1. The molecule has 1 atom stereocenters. The summed E-state index contributed by atoms with van der Waals surface area (Å²) in [6.07, 6.45) is 16.7. The van der Waals surface area contributed by atoms with Gasteiger partial charge in [-0.15, -0.1) is 0 Å². The van der Waals surface area contributed by atoms with Gasteiger partial charge in [0.2, 0.25) is 0 Å². The monoisotopic (exact) mass is 620 g/mol. The maximum absolute atomic E-state index is 7.14. The molecule has 1 unspecified atom stereocenters. The average molecular weight is 620 g/mol. The lowest BCUT2D eigenvalue weighted by Crippen LogP contribution is -2.26. The fourth-order valence-corrected chi connectivity index (χ4v) is 9.27. The average Bonchev–Trinajstić information content (AvgIpc) is 3.29. The van der Waals surface area contributed by atoms with Gasteiger partial charge in [-0.25, -0.2) is 0 Å². The van der Waals surface area contributed by atoms with Crippen LogP contribution in [0.4, 0.5) is 5.69 Å². The molecule has 1 fully saturated rings. The topological polar surface area (TPSA) is 26.0 Å². The zero-order valence-corrected chi connectivity index (χ0v) is 32.3. The number of aryl methyl sites for hydroxylation is 1. The fraction of sp³-hybridized carbons (Fsp3) is 0.600. The standard InChI is InChI=1S/C45H65N/c1-16-40(6,7)24-34-31(5)29(3)30(4)33(39(34)46)22-32-23-36-37(21-28(32)2)45(27-44(36,14)15)26-43(12,13)35-17-18-41(8,9)19-20-42(10,11)25-38(35)45/h17,19-21,23,25H,16,18,22,24,26-27,46H2,1-15H3. The first-order valence-electron chi connectivity index (χ1n) is 18.1. The normalized spacial score (nSPS) is 24.2. The molecule has 1 saturated carbocycles. The van der Waals surface area contributed by atoms with E-state index >= 15 is 0 Å². The molecule has 0 bridgehead atoms. The summed E-state index contributed by atoms with van der Waals surface area (Å²) in [5, 5.41) is 0. The highest BCUT2D eigenvalue weighted by Crippen LogP contribution is 2.66. The van der Waals surface area contributed by atoms with Crippen molar-refractivity contribution in [3.63, 3.8) is 0 Å². The van der Waals surface area contributed by atoms with E-state index in [-0.39, 0.29) is 32.5 Å². The molecule has 0 amide bonds. The molecule has 1 nitrogen and oxygen atoms in total. The Labute approximate surface area is 283 Å². The number of hydrogen-bond donors (Lipinski definition) is 1. The Morgan fingerprint density at radius 2 is 1.35 bits per heavy atom. The van der Waals surface area contributed by atoms with Gasteiger partial charge in [-0.2, -0.15) is 0 Å². The number of rotatable bonds is 5. The molecule has 0 saturated heterocycles. The van der Waals surface area contributed by atoms with Crippen molar-refractivity contribution in [2.75, 3.05) is 5.73 Å². The number of anilines is 1. The summed E-state index contributed by atoms with van der Waals surface area (Å²) in [6, 6.07) is 5.20.